The fraction of sp³-hybridized carbons (Fsp3) is 0.524. The van der Waals surface area contributed by atoms with Gasteiger partial charge in [0.1, 0.15) is 28.5 Å². The predicted molar refractivity (Wildman–Crippen MR) is 122 cm³/mol. The van der Waals surface area contributed by atoms with Gasteiger partial charge in [-0.05, 0) is 33.3 Å². The van der Waals surface area contributed by atoms with Crippen LogP contribution < -0.4 is 10.6 Å². The number of fused-ring (bicyclic) bond motifs is 1. The van der Waals surface area contributed by atoms with Gasteiger partial charge in [-0.1, -0.05) is 0 Å². The van der Waals surface area contributed by atoms with Crippen molar-refractivity contribution in [2.24, 2.45) is 5.92 Å². The monoisotopic (exact) mass is 498 g/mol. The van der Waals surface area contributed by atoms with Crippen molar-refractivity contribution in [3.05, 3.63) is 23.7 Å². The summed E-state index contributed by atoms with van der Waals surface area (Å²) in [4.78, 5) is 17.4. The largest absolute Gasteiger partial charge is 0.408 e. The number of nitrogens with one attached hydrogen (secondary N) is 2. The summed E-state index contributed by atoms with van der Waals surface area (Å²) < 4.78 is 40.2. The topological polar surface area (TPSA) is 136 Å². The van der Waals surface area contributed by atoms with E-state index < -0.39 is 36.4 Å². The Morgan fingerprint density at radius 3 is 2.50 bits per heavy atom. The van der Waals surface area contributed by atoms with Crippen LogP contribution in [-0.2, 0) is 0 Å². The Morgan fingerprint density at radius 1 is 1.15 bits per heavy atom. The fourth-order valence-electron chi connectivity index (χ4n) is 3.99. The molecule has 9 nitrogen and oxygen atoms in total. The van der Waals surface area contributed by atoms with Gasteiger partial charge in [0, 0.05) is 18.7 Å². The Bertz CT molecular complexity index is 1190. The summed E-state index contributed by atoms with van der Waals surface area (Å²) in [5, 5.41) is 36.0. The molecule has 5 N–H and O–H groups in total. The van der Waals surface area contributed by atoms with Gasteiger partial charge in [-0.25, -0.2) is 9.97 Å². The molecule has 13 heteroatoms. The van der Waals surface area contributed by atoms with Crippen molar-refractivity contribution in [2.75, 3.05) is 17.2 Å². The van der Waals surface area contributed by atoms with E-state index >= 15 is 0 Å². The van der Waals surface area contributed by atoms with Crippen molar-refractivity contribution in [2.45, 2.75) is 57.7 Å². The van der Waals surface area contributed by atoms with Crippen molar-refractivity contribution >= 4 is 33.3 Å². The molecule has 3 aromatic heterocycles. The number of nitrogens with zero attached hydrogens (tertiary/aromatic N) is 4. The lowest BCUT2D eigenvalue weighted by molar-refractivity contribution is -0.138. The number of aliphatic hydroxyl groups excluding tert-OH is 3. The predicted octanol–water partition coefficient (Wildman–Crippen LogP) is 2.64. The molecule has 0 saturated heterocycles. The Labute approximate surface area is 197 Å². The molecule has 4 rings (SSSR count). The molecule has 1 aliphatic rings. The van der Waals surface area contributed by atoms with E-state index in [9.17, 15) is 28.5 Å². The SMILES string of the molecule is Cc1nc(NC(C)C(F)(F)F)nc(NC2CC(CO)C(O)C2O)c1-c1nc2c(C)nccc2s1. The number of aromatic nitrogens is 4. The van der Waals surface area contributed by atoms with E-state index in [1.54, 1.807) is 13.1 Å². The van der Waals surface area contributed by atoms with Gasteiger partial charge in [0.15, 0.2) is 0 Å². The van der Waals surface area contributed by atoms with Crippen LogP contribution >= 0.6 is 11.3 Å². The van der Waals surface area contributed by atoms with E-state index in [1.165, 1.54) is 11.3 Å². The highest BCUT2D eigenvalue weighted by Crippen LogP contribution is 2.38. The van der Waals surface area contributed by atoms with E-state index in [0.29, 0.717) is 21.8 Å². The fourth-order valence-corrected chi connectivity index (χ4v) is 5.10. The minimum Gasteiger partial charge on any atom is -0.396 e. The van der Waals surface area contributed by atoms with Gasteiger partial charge >= 0.3 is 6.18 Å². The molecule has 5 atom stereocenters. The van der Waals surface area contributed by atoms with Gasteiger partial charge in [0.05, 0.1) is 33.8 Å². The van der Waals surface area contributed by atoms with Gasteiger partial charge in [-0.3, -0.25) is 4.98 Å². The van der Waals surface area contributed by atoms with Crippen LogP contribution in [0.3, 0.4) is 0 Å². The van der Waals surface area contributed by atoms with Crippen molar-refractivity contribution in [1.29, 1.82) is 0 Å². The van der Waals surface area contributed by atoms with Crippen molar-refractivity contribution < 1.29 is 28.5 Å². The Morgan fingerprint density at radius 2 is 1.88 bits per heavy atom. The molecule has 0 spiro atoms. The number of aryl methyl sites for hydroxylation is 2. The molecule has 5 unspecified atom stereocenters. The van der Waals surface area contributed by atoms with Gasteiger partial charge < -0.3 is 26.0 Å². The first kappa shape index (κ1) is 24.5. The summed E-state index contributed by atoms with van der Waals surface area (Å²) in [5.74, 6) is -0.610. The van der Waals surface area contributed by atoms with Crippen molar-refractivity contribution in [3.8, 4) is 10.6 Å². The highest BCUT2D eigenvalue weighted by Gasteiger charge is 2.42. The summed E-state index contributed by atoms with van der Waals surface area (Å²) in [7, 11) is 0. The minimum atomic E-state index is -4.50. The van der Waals surface area contributed by atoms with E-state index in [1.807, 2.05) is 13.0 Å². The van der Waals surface area contributed by atoms with E-state index in [-0.39, 0.29) is 24.8 Å². The average Bonchev–Trinajstić information content (AvgIpc) is 3.30. The number of anilines is 2. The second-order valence-corrected chi connectivity index (χ2v) is 9.47. The second kappa shape index (κ2) is 9.21. The second-order valence-electron chi connectivity index (χ2n) is 8.44. The number of aliphatic hydroxyl groups is 3. The van der Waals surface area contributed by atoms with Crippen LogP contribution in [-0.4, -0.2) is 72.3 Å². The van der Waals surface area contributed by atoms with Crippen LogP contribution in [0.1, 0.15) is 24.7 Å². The highest BCUT2D eigenvalue weighted by molar-refractivity contribution is 7.21. The van der Waals surface area contributed by atoms with Crippen LogP contribution in [0.5, 0.6) is 0 Å². The maximum absolute atomic E-state index is 13.1. The van der Waals surface area contributed by atoms with Crippen molar-refractivity contribution in [1.82, 2.24) is 19.9 Å². The molecule has 0 aromatic carbocycles. The molecular weight excluding hydrogens is 473 g/mol. The van der Waals surface area contributed by atoms with E-state index in [0.717, 1.165) is 17.3 Å². The molecule has 1 aliphatic carbocycles. The quantitative estimate of drug-likeness (QED) is 0.347. The summed E-state index contributed by atoms with van der Waals surface area (Å²) in [6.45, 7) is 4.11. The third-order valence-electron chi connectivity index (χ3n) is 5.99. The Kier molecular flexibility index (Phi) is 6.64. The number of thiazole rings is 1. The number of alkyl halides is 3. The smallest absolute Gasteiger partial charge is 0.396 e. The van der Waals surface area contributed by atoms with Gasteiger partial charge in [0.25, 0.3) is 0 Å². The Balaban J connectivity index is 1.78. The normalized spacial score (nSPS) is 23.9. The van der Waals surface area contributed by atoms with Gasteiger partial charge in [0.2, 0.25) is 5.95 Å². The molecule has 0 amide bonds. The zero-order valence-electron chi connectivity index (χ0n) is 18.6. The number of halogens is 3. The number of hydrogen-bond acceptors (Lipinski definition) is 10. The summed E-state index contributed by atoms with van der Waals surface area (Å²) >= 11 is 1.36. The first-order valence-corrected chi connectivity index (χ1v) is 11.5. The van der Waals surface area contributed by atoms with E-state index in [2.05, 4.69) is 30.6 Å². The molecule has 3 aromatic rings. The summed E-state index contributed by atoms with van der Waals surface area (Å²) in [6.07, 6.45) is -4.94. The minimum absolute atomic E-state index is 0.170. The standard InChI is InChI=1S/C21H25F3N6O3S/c1-8-14(19-29-15-9(2)25-5-4-13(15)34-19)18(28-12-6-11(7-31)16(32)17(12)33)30-20(26-8)27-10(3)21(22,23)24/h4-5,10-12,16-17,31-33H,6-7H2,1-3H3,(H2,26,27,28,30). The van der Waals surface area contributed by atoms with Crippen molar-refractivity contribution in [3.63, 3.8) is 0 Å². The molecule has 1 fully saturated rings. The first-order valence-electron chi connectivity index (χ1n) is 10.7. The zero-order valence-corrected chi connectivity index (χ0v) is 19.4. The maximum atomic E-state index is 13.1. The molecule has 34 heavy (non-hydrogen) atoms. The van der Waals surface area contributed by atoms with Crippen LogP contribution in [0.4, 0.5) is 24.9 Å². The van der Waals surface area contributed by atoms with Crippen LogP contribution in [0.2, 0.25) is 0 Å². The molecule has 0 bridgehead atoms. The zero-order chi connectivity index (χ0) is 24.8. The van der Waals surface area contributed by atoms with Crippen LogP contribution in [0.25, 0.3) is 20.8 Å². The Hall–Kier alpha value is -2.61. The number of rotatable bonds is 6. The average molecular weight is 499 g/mol. The lowest BCUT2D eigenvalue weighted by atomic mass is 10.1. The highest BCUT2D eigenvalue weighted by atomic mass is 32.1. The lowest BCUT2D eigenvalue weighted by Gasteiger charge is -2.22. The number of pyridine rings is 1. The molecule has 0 aliphatic heterocycles. The number of hydrogen-bond donors (Lipinski definition) is 5. The molecule has 0 radical (unpaired) electrons. The van der Waals surface area contributed by atoms with Gasteiger partial charge in [-0.2, -0.15) is 18.2 Å². The molecular formula is C21H25F3N6O3S. The first-order chi connectivity index (χ1) is 16.0. The lowest BCUT2D eigenvalue weighted by Crippen LogP contribution is -2.36. The van der Waals surface area contributed by atoms with Crippen LogP contribution in [0, 0.1) is 19.8 Å². The summed E-state index contributed by atoms with van der Waals surface area (Å²) in [6, 6.07) is -0.762. The van der Waals surface area contributed by atoms with Gasteiger partial charge in [-0.15, -0.1) is 11.3 Å². The maximum Gasteiger partial charge on any atom is 0.408 e. The summed E-state index contributed by atoms with van der Waals surface area (Å²) in [5.41, 5.74) is 2.27. The third kappa shape index (κ3) is 4.65. The van der Waals surface area contributed by atoms with E-state index in [4.69, 9.17) is 0 Å². The molecule has 1 saturated carbocycles. The molecule has 3 heterocycles. The molecule has 184 valence electrons. The van der Waals surface area contributed by atoms with Crippen LogP contribution in [0.15, 0.2) is 12.3 Å². The third-order valence-corrected chi connectivity index (χ3v) is 7.03.